The number of benzene rings is 1. The topological polar surface area (TPSA) is 52.7 Å². The van der Waals surface area contributed by atoms with Crippen LogP contribution in [0.3, 0.4) is 0 Å². The van der Waals surface area contributed by atoms with Gasteiger partial charge in [-0.2, -0.15) is 0 Å². The average Bonchev–Trinajstić information content (AvgIpc) is 3.58. The number of likely N-dealkylation sites (N-methyl/N-ethyl adjacent to an activating group) is 2. The van der Waals surface area contributed by atoms with Crippen LogP contribution < -0.4 is 5.32 Å². The lowest BCUT2D eigenvalue weighted by molar-refractivity contribution is -0.146. The van der Waals surface area contributed by atoms with Crippen molar-refractivity contribution in [1.29, 1.82) is 0 Å². The number of amides is 1. The van der Waals surface area contributed by atoms with Gasteiger partial charge in [-0.05, 0) is 61.3 Å². The van der Waals surface area contributed by atoms with Gasteiger partial charge in [0.05, 0.1) is 5.41 Å². The molecule has 0 radical (unpaired) electrons. The predicted molar refractivity (Wildman–Crippen MR) is 134 cm³/mol. The maximum absolute atomic E-state index is 14.7. The first-order valence-corrected chi connectivity index (χ1v) is 13.0. The molecule has 5 nitrogen and oxygen atoms in total. The van der Waals surface area contributed by atoms with Crippen LogP contribution in [0, 0.1) is 11.2 Å². The Balaban J connectivity index is 1.65. The van der Waals surface area contributed by atoms with E-state index in [-0.39, 0.29) is 17.6 Å². The van der Waals surface area contributed by atoms with Crippen molar-refractivity contribution in [3.63, 3.8) is 0 Å². The number of halogens is 1. The molecular weight excluding hydrogens is 469 g/mol. The molecule has 2 saturated heterocycles. The molecule has 174 valence electrons. The van der Waals surface area contributed by atoms with Crippen molar-refractivity contribution >= 4 is 46.1 Å². The Morgan fingerprint density at radius 3 is 2.65 bits per heavy atom. The van der Waals surface area contributed by atoms with E-state index in [1.807, 2.05) is 60.1 Å². The summed E-state index contributed by atoms with van der Waals surface area (Å²) < 4.78 is 14.6. The van der Waals surface area contributed by atoms with Gasteiger partial charge in [0.2, 0.25) is 0 Å². The third-order valence-electron chi connectivity index (χ3n) is 7.62. The number of thiophene rings is 2. The molecule has 1 amide bonds. The van der Waals surface area contributed by atoms with Crippen LogP contribution in [0.2, 0.25) is 0 Å². The number of ketones is 1. The molecule has 0 saturated carbocycles. The number of nitrogens with one attached hydrogen (secondary N) is 1. The zero-order chi connectivity index (χ0) is 23.7. The minimum absolute atomic E-state index is 0.0194. The standard InChI is InChI=1S/C26H24FN3O2S2/c1-29-13-16(11-18-5-3-9-33-18)23(31)25(15-29)20(22-6-4-10-34-22)14-30(2)26(25)19-12-17(27)7-8-21(19)28-24(26)32/h3-12,20H,13-15H2,1-2H3,(H,28,32)/b16-11+/t20-,25-,26+/m0/s1. The van der Waals surface area contributed by atoms with Gasteiger partial charge in [-0.1, -0.05) is 12.1 Å². The summed E-state index contributed by atoms with van der Waals surface area (Å²) in [5.74, 6) is -0.897. The number of carbonyl (C=O) groups excluding carboxylic acids is 2. The Hall–Kier alpha value is -2.65. The predicted octanol–water partition coefficient (Wildman–Crippen LogP) is 4.41. The Kier molecular flexibility index (Phi) is 4.94. The fraction of sp³-hybridized carbons (Fsp3) is 0.308. The van der Waals surface area contributed by atoms with E-state index in [1.54, 1.807) is 28.7 Å². The molecule has 0 unspecified atom stereocenters. The maximum atomic E-state index is 14.7. The van der Waals surface area contributed by atoms with E-state index < -0.39 is 16.8 Å². The third kappa shape index (κ3) is 2.77. The minimum atomic E-state index is -1.31. The van der Waals surface area contributed by atoms with Gasteiger partial charge in [0.15, 0.2) is 5.78 Å². The van der Waals surface area contributed by atoms with Gasteiger partial charge in [-0.15, -0.1) is 22.7 Å². The number of hydrogen-bond donors (Lipinski definition) is 1. The quantitative estimate of drug-likeness (QED) is 0.538. The number of fused-ring (bicyclic) bond motifs is 3. The average molecular weight is 494 g/mol. The highest BCUT2D eigenvalue weighted by atomic mass is 32.1. The summed E-state index contributed by atoms with van der Waals surface area (Å²) in [6.07, 6.45) is 1.96. The highest BCUT2D eigenvalue weighted by molar-refractivity contribution is 7.11. The van der Waals surface area contributed by atoms with E-state index >= 15 is 0 Å². The summed E-state index contributed by atoms with van der Waals surface area (Å²) in [5.41, 5.74) is -0.594. The first-order valence-electron chi connectivity index (χ1n) is 11.2. The number of rotatable bonds is 2. The fourth-order valence-electron chi connectivity index (χ4n) is 6.47. The van der Waals surface area contributed by atoms with Crippen LogP contribution in [0.1, 0.15) is 21.2 Å². The van der Waals surface area contributed by atoms with E-state index in [0.29, 0.717) is 36.5 Å². The van der Waals surface area contributed by atoms with Crippen molar-refractivity contribution in [2.45, 2.75) is 11.5 Å². The van der Waals surface area contributed by atoms with E-state index in [2.05, 4.69) is 10.2 Å². The summed E-state index contributed by atoms with van der Waals surface area (Å²) in [6, 6.07) is 12.4. The van der Waals surface area contributed by atoms with Crippen molar-refractivity contribution in [2.24, 2.45) is 5.41 Å². The van der Waals surface area contributed by atoms with Crippen LogP contribution >= 0.6 is 22.7 Å². The summed E-state index contributed by atoms with van der Waals surface area (Å²) in [7, 11) is 3.88. The minimum Gasteiger partial charge on any atom is -0.324 e. The van der Waals surface area contributed by atoms with Crippen molar-refractivity contribution in [2.75, 3.05) is 39.0 Å². The molecule has 6 rings (SSSR count). The van der Waals surface area contributed by atoms with Gasteiger partial charge < -0.3 is 10.2 Å². The molecule has 3 aliphatic heterocycles. The number of anilines is 1. The van der Waals surface area contributed by atoms with Crippen LogP contribution in [-0.2, 0) is 15.1 Å². The van der Waals surface area contributed by atoms with Gasteiger partial charge in [-0.3, -0.25) is 14.5 Å². The zero-order valence-electron chi connectivity index (χ0n) is 18.9. The molecule has 3 atom stereocenters. The van der Waals surface area contributed by atoms with Crippen molar-refractivity contribution < 1.29 is 14.0 Å². The molecule has 3 aliphatic rings. The number of carbonyl (C=O) groups is 2. The van der Waals surface area contributed by atoms with E-state index in [4.69, 9.17) is 0 Å². The normalized spacial score (nSPS) is 30.6. The van der Waals surface area contributed by atoms with Crippen LogP contribution in [0.4, 0.5) is 10.1 Å². The van der Waals surface area contributed by atoms with E-state index in [0.717, 1.165) is 9.75 Å². The van der Waals surface area contributed by atoms with Crippen LogP contribution in [0.5, 0.6) is 0 Å². The maximum Gasteiger partial charge on any atom is 0.250 e. The molecule has 1 aromatic carbocycles. The van der Waals surface area contributed by atoms with Crippen LogP contribution in [0.15, 0.2) is 58.8 Å². The van der Waals surface area contributed by atoms with E-state index in [9.17, 15) is 14.0 Å². The highest BCUT2D eigenvalue weighted by Gasteiger charge is 2.74. The molecular formula is C26H24FN3O2S2. The molecule has 2 aromatic heterocycles. The molecule has 34 heavy (non-hydrogen) atoms. The first kappa shape index (κ1) is 21.9. The molecule has 2 fully saturated rings. The molecule has 0 aliphatic carbocycles. The molecule has 2 spiro atoms. The van der Waals surface area contributed by atoms with Crippen molar-refractivity contribution in [3.05, 3.63) is 79.9 Å². The smallest absolute Gasteiger partial charge is 0.250 e. The number of piperidine rings is 1. The zero-order valence-corrected chi connectivity index (χ0v) is 20.5. The lowest BCUT2D eigenvalue weighted by Gasteiger charge is -2.50. The number of nitrogens with zero attached hydrogens (tertiary/aromatic N) is 2. The number of likely N-dealkylation sites (tertiary alicyclic amines) is 2. The second-order valence-corrected chi connectivity index (χ2v) is 11.4. The van der Waals surface area contributed by atoms with Gasteiger partial charge in [0.1, 0.15) is 11.4 Å². The Labute approximate surface area is 205 Å². The second kappa shape index (κ2) is 7.68. The molecule has 1 N–H and O–H groups in total. The largest absolute Gasteiger partial charge is 0.324 e. The van der Waals surface area contributed by atoms with Gasteiger partial charge in [0.25, 0.3) is 5.91 Å². The lowest BCUT2D eigenvalue weighted by atomic mass is 9.57. The van der Waals surface area contributed by atoms with Gasteiger partial charge in [0, 0.05) is 52.1 Å². The lowest BCUT2D eigenvalue weighted by Crippen LogP contribution is -2.65. The SMILES string of the molecule is CN1C/C(=C\c2cccs2)C(=O)[C@]2(C1)[C@H](c1cccs1)CN(C)[C@]21C(=O)Nc2ccc(F)cc21. The van der Waals surface area contributed by atoms with Crippen molar-refractivity contribution in [1.82, 2.24) is 9.80 Å². The van der Waals surface area contributed by atoms with Gasteiger partial charge in [-0.25, -0.2) is 4.39 Å². The molecule has 8 heteroatoms. The van der Waals surface area contributed by atoms with E-state index in [1.165, 1.54) is 12.1 Å². The highest BCUT2D eigenvalue weighted by Crippen LogP contribution is 2.64. The fourth-order valence-corrected chi connectivity index (χ4v) is 8.06. The number of Topliss-reactive ketones (excluding diaryl/α,β-unsaturated/α-hetero) is 1. The molecule has 0 bridgehead atoms. The second-order valence-electron chi connectivity index (χ2n) is 9.46. The summed E-state index contributed by atoms with van der Waals surface area (Å²) in [5, 5.41) is 6.99. The Morgan fingerprint density at radius 2 is 1.91 bits per heavy atom. The number of hydrogen-bond acceptors (Lipinski definition) is 6. The Bertz CT molecular complexity index is 1320. The van der Waals surface area contributed by atoms with Crippen molar-refractivity contribution in [3.8, 4) is 0 Å². The Morgan fingerprint density at radius 1 is 1.12 bits per heavy atom. The van der Waals surface area contributed by atoms with Gasteiger partial charge >= 0.3 is 0 Å². The summed E-state index contributed by atoms with van der Waals surface area (Å²) >= 11 is 3.19. The first-order chi connectivity index (χ1) is 16.4. The molecule has 5 heterocycles. The molecule has 3 aromatic rings. The summed E-state index contributed by atoms with van der Waals surface area (Å²) in [6.45, 7) is 1.44. The van der Waals surface area contributed by atoms with Crippen LogP contribution in [0.25, 0.3) is 6.08 Å². The third-order valence-corrected chi connectivity index (χ3v) is 9.43. The van der Waals surface area contributed by atoms with Crippen LogP contribution in [-0.4, -0.2) is 55.2 Å². The monoisotopic (exact) mass is 493 g/mol. The summed E-state index contributed by atoms with van der Waals surface area (Å²) in [4.78, 5) is 34.9.